The lowest BCUT2D eigenvalue weighted by atomic mass is 10.1. The minimum atomic E-state index is -1.58. The highest BCUT2D eigenvalue weighted by atomic mass is 28.4. The van der Waals surface area contributed by atoms with Crippen molar-refractivity contribution in [1.29, 1.82) is 0 Å². The Balaban J connectivity index is 1.81. The van der Waals surface area contributed by atoms with E-state index in [-0.39, 0.29) is 0 Å². The van der Waals surface area contributed by atoms with Crippen molar-refractivity contribution in [2.75, 3.05) is 39.5 Å². The molecule has 2 rings (SSSR count). The fraction of sp³-hybridized carbons (Fsp3) is 1.00. The van der Waals surface area contributed by atoms with Gasteiger partial charge in [0, 0.05) is 31.7 Å². The van der Waals surface area contributed by atoms with Crippen molar-refractivity contribution in [3.63, 3.8) is 0 Å². The van der Waals surface area contributed by atoms with Crippen LogP contribution in [0.25, 0.3) is 0 Å². The molecule has 19 heavy (non-hydrogen) atoms. The molecule has 0 spiro atoms. The van der Waals surface area contributed by atoms with Gasteiger partial charge in [-0.3, -0.25) is 4.90 Å². The summed E-state index contributed by atoms with van der Waals surface area (Å²) in [5.41, 5.74) is 0.465. The number of hydrogen-bond donors (Lipinski definition) is 0. The minimum Gasteiger partial charge on any atom is -0.416 e. The zero-order valence-electron chi connectivity index (χ0n) is 13.4. The summed E-state index contributed by atoms with van der Waals surface area (Å²) in [6.07, 6.45) is 2.69. The summed E-state index contributed by atoms with van der Waals surface area (Å²) >= 11 is 0. The quantitative estimate of drug-likeness (QED) is 0.725. The number of nitrogens with zero attached hydrogens (tertiary/aromatic N) is 1. The van der Waals surface area contributed by atoms with E-state index in [9.17, 15) is 0 Å². The molecule has 0 N–H and O–H groups in total. The molecule has 1 saturated heterocycles. The Kier molecular flexibility index (Phi) is 4.46. The third-order valence-electron chi connectivity index (χ3n) is 5.17. The van der Waals surface area contributed by atoms with E-state index in [1.54, 1.807) is 0 Å². The van der Waals surface area contributed by atoms with E-state index >= 15 is 0 Å². The number of ether oxygens (including phenoxy) is 1. The van der Waals surface area contributed by atoms with Crippen molar-refractivity contribution >= 4 is 8.32 Å². The molecule has 1 heterocycles. The standard InChI is InChI=1S/C15H31NO2Si/c1-14(2,3)19(4,5)18-13-15(6-7-15)12-16-8-10-17-11-9-16/h6-13H2,1-5H3. The largest absolute Gasteiger partial charge is 0.416 e. The minimum absolute atomic E-state index is 0.321. The highest BCUT2D eigenvalue weighted by Crippen LogP contribution is 2.48. The van der Waals surface area contributed by atoms with Crippen LogP contribution in [0.4, 0.5) is 0 Å². The van der Waals surface area contributed by atoms with Crippen LogP contribution in [0.3, 0.4) is 0 Å². The van der Waals surface area contributed by atoms with Crippen LogP contribution < -0.4 is 0 Å². The summed E-state index contributed by atoms with van der Waals surface area (Å²) < 4.78 is 11.9. The van der Waals surface area contributed by atoms with Gasteiger partial charge in [0.25, 0.3) is 0 Å². The van der Waals surface area contributed by atoms with E-state index in [0.717, 1.165) is 32.9 Å². The van der Waals surface area contributed by atoms with Gasteiger partial charge >= 0.3 is 0 Å². The summed E-state index contributed by atoms with van der Waals surface area (Å²) in [7, 11) is -1.58. The molecule has 4 heteroatoms. The predicted molar refractivity (Wildman–Crippen MR) is 82.1 cm³/mol. The van der Waals surface area contributed by atoms with Crippen LogP contribution in [-0.4, -0.2) is 52.7 Å². The lowest BCUT2D eigenvalue weighted by Crippen LogP contribution is -2.45. The molecule has 1 aliphatic carbocycles. The van der Waals surface area contributed by atoms with Crippen molar-refractivity contribution < 1.29 is 9.16 Å². The Hall–Kier alpha value is 0.0969. The molecule has 1 saturated carbocycles. The molecule has 2 fully saturated rings. The van der Waals surface area contributed by atoms with Gasteiger partial charge in [-0.2, -0.15) is 0 Å². The van der Waals surface area contributed by atoms with Gasteiger partial charge in [-0.25, -0.2) is 0 Å². The molecule has 112 valence electrons. The van der Waals surface area contributed by atoms with Crippen molar-refractivity contribution in [2.45, 2.75) is 51.7 Å². The second kappa shape index (κ2) is 5.47. The van der Waals surface area contributed by atoms with Gasteiger partial charge in [-0.1, -0.05) is 20.8 Å². The van der Waals surface area contributed by atoms with Crippen LogP contribution in [0.2, 0.25) is 18.1 Å². The van der Waals surface area contributed by atoms with E-state index in [1.807, 2.05) is 0 Å². The molecule has 0 atom stereocenters. The summed E-state index contributed by atoms with van der Waals surface area (Å²) in [6, 6.07) is 0. The van der Waals surface area contributed by atoms with Crippen LogP contribution in [-0.2, 0) is 9.16 Å². The number of morpholine rings is 1. The van der Waals surface area contributed by atoms with Crippen molar-refractivity contribution in [3.8, 4) is 0 Å². The average Bonchev–Trinajstić information content (AvgIpc) is 3.07. The average molecular weight is 286 g/mol. The van der Waals surface area contributed by atoms with E-state index in [1.165, 1.54) is 19.4 Å². The second-order valence-corrected chi connectivity index (χ2v) is 12.7. The second-order valence-electron chi connectivity index (χ2n) is 7.94. The Bertz CT molecular complexity index is 302. The molecule has 2 aliphatic rings. The molecule has 0 bridgehead atoms. The summed E-state index contributed by atoms with van der Waals surface area (Å²) in [6.45, 7) is 17.9. The topological polar surface area (TPSA) is 21.7 Å². The van der Waals surface area contributed by atoms with E-state index < -0.39 is 8.32 Å². The van der Waals surface area contributed by atoms with Gasteiger partial charge in [0.1, 0.15) is 0 Å². The summed E-state index contributed by atoms with van der Waals surface area (Å²) in [5.74, 6) is 0. The zero-order chi connectivity index (χ0) is 14.1. The smallest absolute Gasteiger partial charge is 0.192 e. The maximum absolute atomic E-state index is 6.44. The molecule has 0 radical (unpaired) electrons. The monoisotopic (exact) mass is 285 g/mol. The van der Waals surface area contributed by atoms with Crippen molar-refractivity contribution in [1.82, 2.24) is 4.90 Å². The molecule has 0 amide bonds. The van der Waals surface area contributed by atoms with Gasteiger partial charge in [0.15, 0.2) is 8.32 Å². The molecular weight excluding hydrogens is 254 g/mol. The molecule has 0 unspecified atom stereocenters. The predicted octanol–water partition coefficient (Wildman–Crippen LogP) is 3.12. The molecule has 1 aliphatic heterocycles. The first-order chi connectivity index (χ1) is 8.74. The maximum Gasteiger partial charge on any atom is 0.192 e. The SMILES string of the molecule is CC(C)(C)[Si](C)(C)OCC1(CN2CCOCC2)CC1. The van der Waals surface area contributed by atoms with Gasteiger partial charge in [0.2, 0.25) is 0 Å². The molecule has 0 aromatic rings. The highest BCUT2D eigenvalue weighted by Gasteiger charge is 2.47. The lowest BCUT2D eigenvalue weighted by molar-refractivity contribution is 0.0229. The summed E-state index contributed by atoms with van der Waals surface area (Å²) in [5, 5.41) is 0.321. The third kappa shape index (κ3) is 4.03. The van der Waals surface area contributed by atoms with Gasteiger partial charge in [-0.15, -0.1) is 0 Å². The van der Waals surface area contributed by atoms with Gasteiger partial charge in [0.05, 0.1) is 13.2 Å². The van der Waals surface area contributed by atoms with Crippen LogP contribution in [0.15, 0.2) is 0 Å². The van der Waals surface area contributed by atoms with Crippen LogP contribution in [0, 0.1) is 5.41 Å². The summed E-state index contributed by atoms with van der Waals surface area (Å²) in [4.78, 5) is 2.56. The van der Waals surface area contributed by atoms with E-state index in [0.29, 0.717) is 10.5 Å². The van der Waals surface area contributed by atoms with Crippen molar-refractivity contribution in [3.05, 3.63) is 0 Å². The zero-order valence-corrected chi connectivity index (χ0v) is 14.4. The van der Waals surface area contributed by atoms with Crippen LogP contribution in [0.5, 0.6) is 0 Å². The third-order valence-corrected chi connectivity index (χ3v) is 9.64. The molecule has 0 aromatic carbocycles. The fourth-order valence-electron chi connectivity index (χ4n) is 2.31. The Morgan fingerprint density at radius 1 is 1.16 bits per heavy atom. The molecule has 0 aromatic heterocycles. The Morgan fingerprint density at radius 2 is 1.74 bits per heavy atom. The molecule has 3 nitrogen and oxygen atoms in total. The van der Waals surface area contributed by atoms with E-state index in [2.05, 4.69) is 38.8 Å². The highest BCUT2D eigenvalue weighted by molar-refractivity contribution is 6.74. The Labute approximate surface area is 119 Å². The van der Waals surface area contributed by atoms with Crippen molar-refractivity contribution in [2.24, 2.45) is 5.41 Å². The number of hydrogen-bond acceptors (Lipinski definition) is 3. The lowest BCUT2D eigenvalue weighted by Gasteiger charge is -2.38. The first-order valence-corrected chi connectivity index (χ1v) is 10.6. The van der Waals surface area contributed by atoms with Gasteiger partial charge < -0.3 is 9.16 Å². The molecular formula is C15H31NO2Si. The maximum atomic E-state index is 6.44. The van der Waals surface area contributed by atoms with E-state index in [4.69, 9.17) is 9.16 Å². The number of rotatable bonds is 5. The fourth-order valence-corrected chi connectivity index (χ4v) is 3.41. The normalized spacial score (nSPS) is 24.5. The van der Waals surface area contributed by atoms with Crippen LogP contribution >= 0.6 is 0 Å². The van der Waals surface area contributed by atoms with Gasteiger partial charge in [-0.05, 0) is 31.0 Å². The Morgan fingerprint density at radius 3 is 2.21 bits per heavy atom. The first-order valence-electron chi connectivity index (χ1n) is 7.68. The van der Waals surface area contributed by atoms with Crippen LogP contribution in [0.1, 0.15) is 33.6 Å². The first kappa shape index (κ1) is 15.5.